The van der Waals surface area contributed by atoms with E-state index in [2.05, 4.69) is 26.5 Å². The van der Waals surface area contributed by atoms with Crippen LogP contribution in [0.4, 0.5) is 5.69 Å². The summed E-state index contributed by atoms with van der Waals surface area (Å²) in [7, 11) is 0. The molecule has 1 heterocycles. The molecule has 3 rings (SSSR count). The van der Waals surface area contributed by atoms with E-state index in [9.17, 15) is 14.9 Å². The molecule has 0 bridgehead atoms. The number of nitro groups is 1. The number of hydrogen-bond donors (Lipinski definition) is 1. The van der Waals surface area contributed by atoms with Crippen LogP contribution in [-0.2, 0) is 0 Å². The summed E-state index contributed by atoms with van der Waals surface area (Å²) in [5.41, 5.74) is 3.28. The maximum atomic E-state index is 12.0. The highest BCUT2D eigenvalue weighted by Crippen LogP contribution is 2.32. The molecule has 3 aromatic rings. The van der Waals surface area contributed by atoms with Crippen LogP contribution in [0.3, 0.4) is 0 Å². The highest BCUT2D eigenvalue weighted by atomic mass is 79.9. The highest BCUT2D eigenvalue weighted by molar-refractivity contribution is 9.10. The lowest BCUT2D eigenvalue weighted by molar-refractivity contribution is -0.384. The summed E-state index contributed by atoms with van der Waals surface area (Å²) in [6, 6.07) is 14.2. The van der Waals surface area contributed by atoms with Crippen molar-refractivity contribution in [3.05, 3.63) is 85.5 Å². The lowest BCUT2D eigenvalue weighted by Crippen LogP contribution is -2.17. The van der Waals surface area contributed by atoms with E-state index in [1.165, 1.54) is 24.4 Å². The number of nitro benzene ring substituents is 1. The molecule has 0 radical (unpaired) electrons. The molecule has 0 atom stereocenters. The minimum Gasteiger partial charge on any atom is -0.455 e. The van der Waals surface area contributed by atoms with Gasteiger partial charge < -0.3 is 4.42 Å². The Morgan fingerprint density at radius 2 is 1.93 bits per heavy atom. The molecule has 7 nitrogen and oxygen atoms in total. The maximum Gasteiger partial charge on any atom is 0.271 e. The van der Waals surface area contributed by atoms with Gasteiger partial charge in [0.1, 0.15) is 11.5 Å². The van der Waals surface area contributed by atoms with Gasteiger partial charge >= 0.3 is 0 Å². The predicted molar refractivity (Wildman–Crippen MR) is 105 cm³/mol. The van der Waals surface area contributed by atoms with E-state index in [0.29, 0.717) is 22.6 Å². The number of hydrogen-bond acceptors (Lipinski definition) is 5. The topological polar surface area (TPSA) is 97.7 Å². The zero-order chi connectivity index (χ0) is 19.4. The largest absolute Gasteiger partial charge is 0.455 e. The van der Waals surface area contributed by atoms with Crippen molar-refractivity contribution in [2.45, 2.75) is 0 Å². The Balaban J connectivity index is 1.69. The molecule has 27 heavy (non-hydrogen) atoms. The zero-order valence-corrected chi connectivity index (χ0v) is 15.9. The lowest BCUT2D eigenvalue weighted by atomic mass is 10.1. The van der Waals surface area contributed by atoms with Crippen molar-refractivity contribution < 1.29 is 14.1 Å². The number of furan rings is 1. The molecule has 2 aromatic carbocycles. The average molecular weight is 449 g/mol. The van der Waals surface area contributed by atoms with Gasteiger partial charge in [-0.3, -0.25) is 14.9 Å². The first kappa shape index (κ1) is 18.8. The van der Waals surface area contributed by atoms with Gasteiger partial charge in [-0.1, -0.05) is 27.5 Å². The number of carbonyl (C=O) groups is 1. The summed E-state index contributed by atoms with van der Waals surface area (Å²) >= 11 is 9.38. The third-order valence-corrected chi connectivity index (χ3v) is 4.36. The third kappa shape index (κ3) is 4.60. The molecule has 0 fully saturated rings. The fraction of sp³-hybridized carbons (Fsp3) is 0. The molecule has 136 valence electrons. The fourth-order valence-electron chi connectivity index (χ4n) is 2.20. The van der Waals surface area contributed by atoms with Gasteiger partial charge in [-0.2, -0.15) is 5.10 Å². The van der Waals surface area contributed by atoms with E-state index in [0.717, 1.165) is 4.47 Å². The summed E-state index contributed by atoms with van der Waals surface area (Å²) < 4.78 is 6.46. The Morgan fingerprint density at radius 3 is 2.59 bits per heavy atom. The molecule has 0 aliphatic heterocycles. The van der Waals surface area contributed by atoms with Gasteiger partial charge in [-0.05, 0) is 42.5 Å². The maximum absolute atomic E-state index is 12.0. The summed E-state index contributed by atoms with van der Waals surface area (Å²) in [4.78, 5) is 22.2. The van der Waals surface area contributed by atoms with Crippen molar-refractivity contribution in [1.82, 2.24) is 5.43 Å². The predicted octanol–water partition coefficient (Wildman–Crippen LogP) is 5.03. The smallest absolute Gasteiger partial charge is 0.271 e. The van der Waals surface area contributed by atoms with Crippen molar-refractivity contribution in [3.63, 3.8) is 0 Å². The Kier molecular flexibility index (Phi) is 5.68. The van der Waals surface area contributed by atoms with Crippen molar-refractivity contribution in [1.29, 1.82) is 0 Å². The quantitative estimate of drug-likeness (QED) is 0.336. The Hall–Kier alpha value is -2.97. The molecule has 0 aliphatic rings. The SMILES string of the molecule is O=C(NN=Cc1ccc(-c2ccc([N+](=O)[O-])cc2Cl)o1)c1ccc(Br)cc1. The van der Waals surface area contributed by atoms with Crippen LogP contribution in [0.5, 0.6) is 0 Å². The molecule has 1 amide bonds. The average Bonchev–Trinajstić information content (AvgIpc) is 3.10. The van der Waals surface area contributed by atoms with Crippen LogP contribution < -0.4 is 5.43 Å². The molecule has 9 heteroatoms. The second kappa shape index (κ2) is 8.15. The fourth-order valence-corrected chi connectivity index (χ4v) is 2.74. The first-order valence-electron chi connectivity index (χ1n) is 7.57. The second-order valence-corrected chi connectivity index (χ2v) is 6.65. The number of halogens is 2. The van der Waals surface area contributed by atoms with E-state index >= 15 is 0 Å². The van der Waals surface area contributed by atoms with Crippen LogP contribution in [0.2, 0.25) is 5.02 Å². The van der Waals surface area contributed by atoms with Gasteiger partial charge in [-0.25, -0.2) is 5.43 Å². The standard InChI is InChI=1S/C18H11BrClN3O4/c19-12-3-1-11(2-4-12)18(24)22-21-10-14-6-8-17(27-14)15-7-5-13(23(25)26)9-16(15)20/h1-10H,(H,22,24). The molecular weight excluding hydrogens is 438 g/mol. The molecule has 0 spiro atoms. The van der Waals surface area contributed by atoms with Crippen molar-refractivity contribution in [3.8, 4) is 11.3 Å². The summed E-state index contributed by atoms with van der Waals surface area (Å²) in [5, 5.41) is 14.8. The van der Waals surface area contributed by atoms with Crippen molar-refractivity contribution >= 4 is 45.3 Å². The van der Waals surface area contributed by atoms with Crippen LogP contribution in [0, 0.1) is 10.1 Å². The van der Waals surface area contributed by atoms with E-state index in [1.807, 2.05) is 0 Å². The highest BCUT2D eigenvalue weighted by Gasteiger charge is 2.13. The van der Waals surface area contributed by atoms with E-state index in [4.69, 9.17) is 16.0 Å². The van der Waals surface area contributed by atoms with Crippen LogP contribution in [0.1, 0.15) is 16.1 Å². The van der Waals surface area contributed by atoms with Gasteiger partial charge in [0.05, 0.1) is 16.2 Å². The minimum atomic E-state index is -0.524. The van der Waals surface area contributed by atoms with Gasteiger partial charge in [0.15, 0.2) is 0 Å². The summed E-state index contributed by atoms with van der Waals surface area (Å²) in [5.74, 6) is 0.454. The first-order valence-corrected chi connectivity index (χ1v) is 8.74. The summed E-state index contributed by atoms with van der Waals surface area (Å²) in [6.45, 7) is 0. The number of non-ortho nitro benzene ring substituents is 1. The van der Waals surface area contributed by atoms with Gasteiger partial charge in [-0.15, -0.1) is 0 Å². The Bertz CT molecular complexity index is 1030. The van der Waals surface area contributed by atoms with Crippen LogP contribution >= 0.6 is 27.5 Å². The van der Waals surface area contributed by atoms with Gasteiger partial charge in [0.2, 0.25) is 0 Å². The van der Waals surface area contributed by atoms with E-state index in [-0.39, 0.29) is 16.6 Å². The van der Waals surface area contributed by atoms with Crippen LogP contribution in [0.15, 0.2) is 68.6 Å². The van der Waals surface area contributed by atoms with Crippen LogP contribution in [0.25, 0.3) is 11.3 Å². The van der Waals surface area contributed by atoms with Gasteiger partial charge in [0.25, 0.3) is 11.6 Å². The van der Waals surface area contributed by atoms with Crippen LogP contribution in [-0.4, -0.2) is 17.0 Å². The monoisotopic (exact) mass is 447 g/mol. The number of benzene rings is 2. The minimum absolute atomic E-state index is 0.104. The number of rotatable bonds is 5. The van der Waals surface area contributed by atoms with Gasteiger partial charge in [0, 0.05) is 27.7 Å². The molecule has 1 aromatic heterocycles. The molecule has 0 saturated heterocycles. The Morgan fingerprint density at radius 1 is 1.19 bits per heavy atom. The second-order valence-electron chi connectivity index (χ2n) is 5.33. The number of amides is 1. The van der Waals surface area contributed by atoms with E-state index in [1.54, 1.807) is 36.4 Å². The molecule has 1 N–H and O–H groups in total. The first-order chi connectivity index (χ1) is 12.9. The number of nitrogens with zero attached hydrogens (tertiary/aromatic N) is 2. The van der Waals surface area contributed by atoms with E-state index < -0.39 is 4.92 Å². The number of nitrogens with one attached hydrogen (secondary N) is 1. The Labute approximate surface area is 166 Å². The molecule has 0 aliphatic carbocycles. The molecule has 0 unspecified atom stereocenters. The zero-order valence-electron chi connectivity index (χ0n) is 13.6. The van der Waals surface area contributed by atoms with Crippen molar-refractivity contribution in [2.75, 3.05) is 0 Å². The number of carbonyl (C=O) groups excluding carboxylic acids is 1. The summed E-state index contributed by atoms with van der Waals surface area (Å²) in [6.07, 6.45) is 1.35. The molecular formula is C18H11BrClN3O4. The lowest BCUT2D eigenvalue weighted by Gasteiger charge is -2.00. The normalized spacial score (nSPS) is 10.9. The molecule has 0 saturated carbocycles. The van der Waals surface area contributed by atoms with Crippen molar-refractivity contribution in [2.24, 2.45) is 5.10 Å². The number of hydrazone groups is 1. The third-order valence-electron chi connectivity index (χ3n) is 3.52.